The Morgan fingerprint density at radius 3 is 2.52 bits per heavy atom. The van der Waals surface area contributed by atoms with Gasteiger partial charge in [-0.05, 0) is 55.2 Å². The van der Waals surface area contributed by atoms with Crippen LogP contribution in [0.4, 0.5) is 11.4 Å². The molecule has 2 aromatic carbocycles. The van der Waals surface area contributed by atoms with Crippen LogP contribution in [0.25, 0.3) is 10.4 Å². The summed E-state index contributed by atoms with van der Waals surface area (Å²) in [5, 5.41) is 19.3. The Labute approximate surface area is 167 Å². The third kappa shape index (κ3) is 2.97. The van der Waals surface area contributed by atoms with Crippen LogP contribution < -0.4 is 4.90 Å². The summed E-state index contributed by atoms with van der Waals surface area (Å²) in [5.74, 6) is -2.55. The number of carboxylic acids is 1. The van der Waals surface area contributed by atoms with Crippen LogP contribution in [0.5, 0.6) is 0 Å². The predicted octanol–water partition coefficient (Wildman–Crippen LogP) is 4.19. The second-order valence-electron chi connectivity index (χ2n) is 7.13. The third-order valence-corrected chi connectivity index (χ3v) is 5.31. The fourth-order valence-corrected chi connectivity index (χ4v) is 3.85. The molecule has 2 N–H and O–H groups in total. The number of carboxylic acid groups (broad SMARTS) is 1. The molecule has 6 nitrogen and oxygen atoms in total. The fraction of sp³-hybridized carbons (Fsp3) is 0.174. The normalized spacial score (nSPS) is 17.4. The van der Waals surface area contributed by atoms with Gasteiger partial charge in [0.15, 0.2) is 5.78 Å². The van der Waals surface area contributed by atoms with Gasteiger partial charge in [-0.1, -0.05) is 23.8 Å². The maximum absolute atomic E-state index is 12.5. The largest absolute Gasteiger partial charge is 0.508 e. The second-order valence-corrected chi connectivity index (χ2v) is 7.13. The molecule has 2 aromatic rings. The maximum atomic E-state index is 12.5. The number of aliphatic hydroxyl groups excluding tert-OH is 1. The Kier molecular flexibility index (Phi) is 4.44. The van der Waals surface area contributed by atoms with Gasteiger partial charge in [-0.3, -0.25) is 9.59 Å². The molecule has 2 aliphatic rings. The number of rotatable bonds is 3. The molecule has 0 bridgehead atoms. The lowest BCUT2D eigenvalue weighted by molar-refractivity contribution is -0.132. The topological polar surface area (TPSA) is 82.2 Å². The predicted molar refractivity (Wildman–Crippen MR) is 109 cm³/mol. The number of fused-ring (bicyclic) bond motifs is 1. The number of hydrogen-bond acceptors (Lipinski definition) is 4. The van der Waals surface area contributed by atoms with Crippen LogP contribution in [0.1, 0.15) is 23.1 Å². The first-order valence-corrected chi connectivity index (χ1v) is 9.23. The monoisotopic (exact) mass is 386 g/mol. The van der Waals surface area contributed by atoms with Crippen molar-refractivity contribution in [2.24, 2.45) is 0 Å². The maximum Gasteiger partial charge on any atom is 0.334 e. The number of hydrogen-bond donors (Lipinski definition) is 2. The highest BCUT2D eigenvalue weighted by Crippen LogP contribution is 2.41. The van der Waals surface area contributed by atoms with E-state index < -0.39 is 28.8 Å². The number of aliphatic hydroxyl groups is 1. The summed E-state index contributed by atoms with van der Waals surface area (Å²) in [6.45, 7) is 9.88. The molecule has 0 amide bonds. The van der Waals surface area contributed by atoms with Gasteiger partial charge in [0.25, 0.3) is 5.70 Å². The number of benzene rings is 2. The van der Waals surface area contributed by atoms with Crippen LogP contribution in [0.2, 0.25) is 0 Å². The van der Waals surface area contributed by atoms with Crippen molar-refractivity contribution in [3.05, 3.63) is 87.6 Å². The van der Waals surface area contributed by atoms with Gasteiger partial charge in [-0.15, -0.1) is 0 Å². The molecular weight excluding hydrogens is 368 g/mol. The molecule has 0 unspecified atom stereocenters. The molecule has 0 saturated heterocycles. The molecule has 29 heavy (non-hydrogen) atoms. The van der Waals surface area contributed by atoms with Gasteiger partial charge in [0.2, 0.25) is 0 Å². The first kappa shape index (κ1) is 18.5. The highest BCUT2D eigenvalue weighted by molar-refractivity contribution is 6.40. The van der Waals surface area contributed by atoms with Crippen LogP contribution in [0.15, 0.2) is 59.5 Å². The molecule has 6 heteroatoms. The molecule has 144 valence electrons. The van der Waals surface area contributed by atoms with Gasteiger partial charge in [0.05, 0.1) is 17.7 Å². The number of ketones is 1. The molecule has 0 saturated carbocycles. The summed E-state index contributed by atoms with van der Waals surface area (Å²) in [4.78, 5) is 28.7. The first-order valence-electron chi connectivity index (χ1n) is 9.23. The molecule has 0 radical (unpaired) electrons. The van der Waals surface area contributed by atoms with E-state index in [2.05, 4.69) is 34.0 Å². The summed E-state index contributed by atoms with van der Waals surface area (Å²) in [7, 11) is 0. The van der Waals surface area contributed by atoms with Crippen molar-refractivity contribution in [1.29, 1.82) is 0 Å². The lowest BCUT2D eigenvalue weighted by Gasteiger charge is -2.32. The SMILES string of the molecule is [C-]#[N+]/C(C(=O)O)=C1\C(=O)C(c2ccc3c(c2)CCCN3c2ccc(C)cc2)=C1O. The highest BCUT2D eigenvalue weighted by Gasteiger charge is 2.39. The van der Waals surface area contributed by atoms with Crippen LogP contribution in [-0.2, 0) is 16.0 Å². The van der Waals surface area contributed by atoms with Gasteiger partial charge < -0.3 is 15.1 Å². The average molecular weight is 386 g/mol. The van der Waals surface area contributed by atoms with E-state index in [1.165, 1.54) is 5.56 Å². The van der Waals surface area contributed by atoms with Crippen molar-refractivity contribution in [2.75, 3.05) is 11.4 Å². The fourth-order valence-electron chi connectivity index (χ4n) is 3.85. The van der Waals surface area contributed by atoms with Gasteiger partial charge in [0, 0.05) is 17.9 Å². The molecule has 4 rings (SSSR count). The van der Waals surface area contributed by atoms with E-state index in [0.29, 0.717) is 5.56 Å². The molecular formula is C23H18N2O4. The van der Waals surface area contributed by atoms with Crippen molar-refractivity contribution in [3.8, 4) is 0 Å². The number of aliphatic carboxylic acids is 1. The van der Waals surface area contributed by atoms with Crippen molar-refractivity contribution in [2.45, 2.75) is 19.8 Å². The molecule has 0 spiro atoms. The number of carbonyl (C=O) groups excluding carboxylic acids is 1. The van der Waals surface area contributed by atoms with Gasteiger partial charge in [-0.2, -0.15) is 0 Å². The lowest BCUT2D eigenvalue weighted by Crippen LogP contribution is -2.26. The van der Waals surface area contributed by atoms with Crippen molar-refractivity contribution in [3.63, 3.8) is 0 Å². The number of aryl methyl sites for hydroxylation is 2. The Hall–Kier alpha value is -3.85. The molecule has 0 fully saturated rings. The van der Waals surface area contributed by atoms with Crippen molar-refractivity contribution < 1.29 is 19.8 Å². The highest BCUT2D eigenvalue weighted by atomic mass is 16.4. The van der Waals surface area contributed by atoms with E-state index in [-0.39, 0.29) is 5.57 Å². The Morgan fingerprint density at radius 2 is 1.90 bits per heavy atom. The first-order chi connectivity index (χ1) is 13.9. The van der Waals surface area contributed by atoms with Gasteiger partial charge in [-0.25, -0.2) is 4.85 Å². The smallest absolute Gasteiger partial charge is 0.334 e. The van der Waals surface area contributed by atoms with Gasteiger partial charge in [0.1, 0.15) is 5.76 Å². The standard InChI is InChI=1S/C23H18N2O4/c1-13-5-8-16(9-6-13)25-11-3-4-14-12-15(7-10-17(14)25)18-21(26)19(22(18)27)20(24-2)23(28)29/h5-10,12,26H,3-4,11H2,1H3,(H,28,29)/b20-19-. The Balaban J connectivity index is 1.74. The number of nitrogens with zero attached hydrogens (tertiary/aromatic N) is 2. The van der Waals surface area contributed by atoms with Crippen LogP contribution >= 0.6 is 0 Å². The number of carbonyl (C=O) groups is 2. The zero-order valence-corrected chi connectivity index (χ0v) is 15.8. The Morgan fingerprint density at radius 1 is 1.17 bits per heavy atom. The van der Waals surface area contributed by atoms with E-state index in [4.69, 9.17) is 11.7 Å². The van der Waals surface area contributed by atoms with Crippen molar-refractivity contribution >= 4 is 28.7 Å². The van der Waals surface area contributed by atoms with Crippen LogP contribution in [-0.4, -0.2) is 28.5 Å². The van der Waals surface area contributed by atoms with E-state index in [1.54, 1.807) is 6.07 Å². The number of Topliss-reactive ketones (excluding diaryl/α,β-unsaturated/α-hetero) is 1. The average Bonchev–Trinajstić information content (AvgIpc) is 2.71. The number of allylic oxidation sites excluding steroid dienone is 2. The minimum absolute atomic E-state index is 0.0673. The summed E-state index contributed by atoms with van der Waals surface area (Å²) in [5.41, 5.74) is 3.84. The Bertz CT molecular complexity index is 1150. The molecule has 1 heterocycles. The van der Waals surface area contributed by atoms with Crippen LogP contribution in [0, 0.1) is 13.5 Å². The molecule has 1 aliphatic carbocycles. The summed E-state index contributed by atoms with van der Waals surface area (Å²) in [6, 6.07) is 13.8. The van der Waals surface area contributed by atoms with E-state index in [0.717, 1.165) is 36.3 Å². The summed E-state index contributed by atoms with van der Waals surface area (Å²) < 4.78 is 0. The summed E-state index contributed by atoms with van der Waals surface area (Å²) in [6.07, 6.45) is 1.80. The quantitative estimate of drug-likeness (QED) is 0.611. The number of anilines is 2. The van der Waals surface area contributed by atoms with Crippen LogP contribution in [0.3, 0.4) is 0 Å². The zero-order chi connectivity index (χ0) is 20.7. The second kappa shape index (κ2) is 6.95. The molecule has 1 aliphatic heterocycles. The van der Waals surface area contributed by atoms with E-state index >= 15 is 0 Å². The summed E-state index contributed by atoms with van der Waals surface area (Å²) >= 11 is 0. The third-order valence-electron chi connectivity index (χ3n) is 5.31. The van der Waals surface area contributed by atoms with Gasteiger partial charge >= 0.3 is 5.97 Å². The minimum Gasteiger partial charge on any atom is -0.508 e. The van der Waals surface area contributed by atoms with E-state index in [9.17, 15) is 14.7 Å². The van der Waals surface area contributed by atoms with Crippen molar-refractivity contribution in [1.82, 2.24) is 0 Å². The van der Waals surface area contributed by atoms with E-state index in [1.807, 2.05) is 19.1 Å². The minimum atomic E-state index is -1.52. The zero-order valence-electron chi connectivity index (χ0n) is 15.8. The molecule has 0 aromatic heterocycles. The lowest BCUT2D eigenvalue weighted by atomic mass is 9.81. The molecule has 0 atom stereocenters.